The number of hydrogen-bond acceptors (Lipinski definition) is 3. The summed E-state index contributed by atoms with van der Waals surface area (Å²) in [7, 11) is 0. The molecule has 4 fully saturated rings. The van der Waals surface area contributed by atoms with Crippen molar-refractivity contribution in [3.8, 4) is 11.5 Å². The molecular formula is C43H58O3. The Kier molecular flexibility index (Phi) is 6.36. The quantitative estimate of drug-likeness (QED) is 0.292. The number of ketones is 1. The third-order valence-electron chi connectivity index (χ3n) is 16.6. The fourth-order valence-electron chi connectivity index (χ4n) is 13.2. The van der Waals surface area contributed by atoms with Crippen molar-refractivity contribution >= 4 is 11.9 Å². The highest BCUT2D eigenvalue weighted by Gasteiger charge is 2.69. The highest BCUT2D eigenvalue weighted by atomic mass is 16.6. The third-order valence-corrected chi connectivity index (χ3v) is 16.6. The molecule has 3 heteroatoms. The summed E-state index contributed by atoms with van der Waals surface area (Å²) >= 11 is 0. The summed E-state index contributed by atoms with van der Waals surface area (Å²) < 4.78 is 15.0. The number of fused-ring (bicyclic) bond motifs is 8. The summed E-state index contributed by atoms with van der Waals surface area (Å²) in [6.45, 7) is 26.1. The molecule has 8 rings (SSSR count). The van der Waals surface area contributed by atoms with Gasteiger partial charge in [-0.1, -0.05) is 71.9 Å². The van der Waals surface area contributed by atoms with E-state index in [-0.39, 0.29) is 33.2 Å². The molecule has 4 saturated carbocycles. The molecule has 0 amide bonds. The van der Waals surface area contributed by atoms with Crippen LogP contribution < -0.4 is 9.47 Å². The molecule has 0 unspecified atom stereocenters. The first-order valence-corrected chi connectivity index (χ1v) is 18.6. The first-order chi connectivity index (χ1) is 21.6. The highest BCUT2D eigenvalue weighted by Crippen LogP contribution is 2.74. The largest absolute Gasteiger partial charge is 0.478 e. The number of Topliss-reactive ketones (excluding diaryl/α,β-unsaturated/α-hetero) is 1. The fourth-order valence-corrected chi connectivity index (χ4v) is 13.2. The smallest absolute Gasteiger partial charge is 0.170 e. The third kappa shape index (κ3) is 3.54. The number of benzene rings is 1. The first kappa shape index (κ1) is 31.0. The zero-order valence-corrected chi connectivity index (χ0v) is 30.2. The minimum absolute atomic E-state index is 0.0229. The summed E-state index contributed by atoms with van der Waals surface area (Å²) in [5, 5.41) is 0. The standard InChI is InChI=1S/C43H58O3/c1-25(2)30-12-11-27(4)42-16-15-28(5)43(42,23-30)45-34-22-32-31(29(6)37(34)46-42)13-14-35-39(32,8)18-20-41(10)36-21-26(3)33(44)24-38(36,7)17-19-40(35,41)9/h13-15,22,26-27,30,35-36H,1,11-12,16-21,23-24H2,2-10H3/t26-,27-,30-,35+,36-,38+,39+,40-,41+,42-,43-/m1/s1. The van der Waals surface area contributed by atoms with Gasteiger partial charge in [-0.05, 0) is 122 Å². The van der Waals surface area contributed by atoms with Crippen LogP contribution >= 0.6 is 0 Å². The van der Waals surface area contributed by atoms with Gasteiger partial charge in [-0.25, -0.2) is 0 Å². The van der Waals surface area contributed by atoms with Crippen LogP contribution in [-0.2, 0) is 10.2 Å². The molecule has 1 aliphatic heterocycles. The summed E-state index contributed by atoms with van der Waals surface area (Å²) in [5.74, 6) is 4.48. The van der Waals surface area contributed by atoms with Crippen LogP contribution in [0.25, 0.3) is 6.08 Å². The minimum Gasteiger partial charge on any atom is -0.478 e. The Morgan fingerprint density at radius 2 is 1.72 bits per heavy atom. The number of carbonyl (C=O) groups is 1. The number of allylic oxidation sites excluding steroid dienone is 2. The molecule has 11 atom stereocenters. The number of carbonyl (C=O) groups excluding carboxylic acids is 1. The normalized spacial score (nSPS) is 48.5. The lowest BCUT2D eigenvalue weighted by Gasteiger charge is -2.70. The Morgan fingerprint density at radius 3 is 2.46 bits per heavy atom. The predicted octanol–water partition coefficient (Wildman–Crippen LogP) is 10.7. The Hall–Kier alpha value is -2.29. The fraction of sp³-hybridized carbons (Fsp3) is 0.698. The molecule has 7 aliphatic rings. The van der Waals surface area contributed by atoms with Crippen LogP contribution in [0.3, 0.4) is 0 Å². The molecule has 3 nitrogen and oxygen atoms in total. The monoisotopic (exact) mass is 622 g/mol. The van der Waals surface area contributed by atoms with Crippen LogP contribution in [0.2, 0.25) is 0 Å². The molecule has 1 aromatic rings. The van der Waals surface area contributed by atoms with Crippen molar-refractivity contribution in [2.75, 3.05) is 0 Å². The Balaban J connectivity index is 1.23. The first-order valence-electron chi connectivity index (χ1n) is 18.6. The van der Waals surface area contributed by atoms with Gasteiger partial charge in [-0.3, -0.25) is 4.79 Å². The van der Waals surface area contributed by atoms with E-state index in [0.29, 0.717) is 29.5 Å². The van der Waals surface area contributed by atoms with Gasteiger partial charge in [0.15, 0.2) is 22.7 Å². The molecule has 0 aromatic heterocycles. The number of ether oxygens (including phenoxy) is 2. The van der Waals surface area contributed by atoms with Gasteiger partial charge in [0.25, 0.3) is 0 Å². The van der Waals surface area contributed by atoms with Crippen molar-refractivity contribution in [2.45, 2.75) is 143 Å². The zero-order valence-electron chi connectivity index (χ0n) is 30.2. The van der Waals surface area contributed by atoms with E-state index in [1.807, 2.05) is 0 Å². The van der Waals surface area contributed by atoms with E-state index < -0.39 is 5.60 Å². The van der Waals surface area contributed by atoms with Gasteiger partial charge < -0.3 is 9.47 Å². The van der Waals surface area contributed by atoms with Crippen LogP contribution in [0.5, 0.6) is 11.5 Å². The summed E-state index contributed by atoms with van der Waals surface area (Å²) in [4.78, 5) is 13.0. The maximum atomic E-state index is 13.0. The SMILES string of the molecule is C=C(C)[C@@H]1CC[C@@H](C)[C@]23CC=C(C)[C@@]2(C1)Oc1cc2c(c(C)c1O3)C=C[C@H]1[C@@]2(C)CC[C@@]2(C)[C@@H]3C[C@@H](C)C(=O)C[C@]3(C)CC[C@]12C. The van der Waals surface area contributed by atoms with Crippen LogP contribution in [0.15, 0.2) is 35.9 Å². The molecule has 0 bridgehead atoms. The topological polar surface area (TPSA) is 35.5 Å². The maximum Gasteiger partial charge on any atom is 0.170 e. The average Bonchev–Trinajstić information content (AvgIpc) is 3.21. The Labute approximate surface area is 278 Å². The van der Waals surface area contributed by atoms with Gasteiger partial charge in [0.05, 0.1) is 0 Å². The molecule has 0 saturated heterocycles. The molecule has 6 aliphatic carbocycles. The molecule has 0 spiro atoms. The lowest BCUT2D eigenvalue weighted by molar-refractivity contribution is -0.191. The molecule has 1 aromatic carbocycles. The zero-order chi connectivity index (χ0) is 32.8. The van der Waals surface area contributed by atoms with Crippen molar-refractivity contribution in [2.24, 2.45) is 45.8 Å². The van der Waals surface area contributed by atoms with Crippen molar-refractivity contribution < 1.29 is 14.3 Å². The summed E-state index contributed by atoms with van der Waals surface area (Å²) in [6, 6.07) is 2.43. The summed E-state index contributed by atoms with van der Waals surface area (Å²) in [5.41, 5.74) is 6.40. The van der Waals surface area contributed by atoms with Crippen LogP contribution in [-0.4, -0.2) is 17.0 Å². The number of rotatable bonds is 1. The molecular weight excluding hydrogens is 564 g/mol. The van der Waals surface area contributed by atoms with Crippen molar-refractivity contribution in [3.63, 3.8) is 0 Å². The second-order valence-corrected chi connectivity index (χ2v) is 18.6. The molecule has 1 heterocycles. The van der Waals surface area contributed by atoms with Crippen molar-refractivity contribution in [1.29, 1.82) is 0 Å². The predicted molar refractivity (Wildman–Crippen MR) is 187 cm³/mol. The van der Waals surface area contributed by atoms with E-state index in [2.05, 4.69) is 93.2 Å². The second-order valence-electron chi connectivity index (χ2n) is 18.6. The van der Waals surface area contributed by atoms with E-state index in [1.54, 1.807) is 0 Å². The van der Waals surface area contributed by atoms with Gasteiger partial charge in [-0.15, -0.1) is 0 Å². The molecule has 248 valence electrons. The lowest BCUT2D eigenvalue weighted by Crippen LogP contribution is -2.65. The maximum absolute atomic E-state index is 13.0. The van der Waals surface area contributed by atoms with E-state index in [9.17, 15) is 4.79 Å². The van der Waals surface area contributed by atoms with Crippen molar-refractivity contribution in [1.82, 2.24) is 0 Å². The van der Waals surface area contributed by atoms with Gasteiger partial charge in [0, 0.05) is 42.1 Å². The van der Waals surface area contributed by atoms with Crippen LogP contribution in [0.1, 0.15) is 136 Å². The Bertz CT molecular complexity index is 1610. The highest BCUT2D eigenvalue weighted by molar-refractivity contribution is 5.82. The van der Waals surface area contributed by atoms with Crippen LogP contribution in [0, 0.1) is 52.8 Å². The van der Waals surface area contributed by atoms with Gasteiger partial charge in [0.1, 0.15) is 5.78 Å². The molecule has 0 radical (unpaired) electrons. The minimum atomic E-state index is -0.453. The average molecular weight is 623 g/mol. The summed E-state index contributed by atoms with van der Waals surface area (Å²) in [6.07, 6.45) is 18.2. The number of hydrogen-bond donors (Lipinski definition) is 0. The van der Waals surface area contributed by atoms with E-state index >= 15 is 0 Å². The van der Waals surface area contributed by atoms with Crippen LogP contribution in [0.4, 0.5) is 0 Å². The molecule has 46 heavy (non-hydrogen) atoms. The Morgan fingerprint density at radius 1 is 0.978 bits per heavy atom. The van der Waals surface area contributed by atoms with Gasteiger partial charge in [0.2, 0.25) is 0 Å². The van der Waals surface area contributed by atoms with Crippen molar-refractivity contribution in [3.05, 3.63) is 52.6 Å². The lowest BCUT2D eigenvalue weighted by atomic mass is 9.34. The van der Waals surface area contributed by atoms with Gasteiger partial charge in [-0.2, -0.15) is 0 Å². The van der Waals surface area contributed by atoms with E-state index in [0.717, 1.165) is 62.9 Å². The molecule has 0 N–H and O–H groups in total. The van der Waals surface area contributed by atoms with E-state index in [1.165, 1.54) is 40.7 Å². The van der Waals surface area contributed by atoms with Gasteiger partial charge >= 0.3 is 0 Å². The second kappa shape index (κ2) is 9.44. The van der Waals surface area contributed by atoms with E-state index in [4.69, 9.17) is 9.47 Å².